The SMILES string of the molecule is c1ccc(-c2nc(-c3cccc(Nc4c(-c5cccc6ccccc56)c5ccccc5c5c4oc4ccccc45)c3)nc3ccccc23)cc1. The van der Waals surface area contributed by atoms with Gasteiger partial charge < -0.3 is 9.73 Å². The van der Waals surface area contributed by atoms with E-state index in [0.29, 0.717) is 5.82 Å². The maximum Gasteiger partial charge on any atom is 0.160 e. The minimum atomic E-state index is 0.674. The molecule has 0 spiro atoms. The molecule has 4 nitrogen and oxygen atoms in total. The Hall–Kier alpha value is -6.78. The molecule has 8 aromatic carbocycles. The molecule has 0 amide bonds. The Kier molecular flexibility index (Phi) is 6.46. The van der Waals surface area contributed by atoms with Crippen molar-refractivity contribution in [3.8, 4) is 33.8 Å². The molecule has 0 saturated heterocycles. The first-order chi connectivity index (χ1) is 24.8. The number of hydrogen-bond acceptors (Lipinski definition) is 4. The van der Waals surface area contributed by atoms with Gasteiger partial charge in [0, 0.05) is 38.5 Å². The first kappa shape index (κ1) is 28.3. The van der Waals surface area contributed by atoms with Crippen LogP contribution in [0.1, 0.15) is 0 Å². The largest absolute Gasteiger partial charge is 0.454 e. The van der Waals surface area contributed by atoms with Crippen molar-refractivity contribution in [3.05, 3.63) is 170 Å². The Morgan fingerprint density at radius 3 is 2.02 bits per heavy atom. The molecule has 1 N–H and O–H groups in total. The van der Waals surface area contributed by atoms with Gasteiger partial charge in [-0.15, -0.1) is 0 Å². The number of aromatic nitrogens is 2. The average Bonchev–Trinajstić information content (AvgIpc) is 3.58. The molecular weight excluding hydrogens is 611 g/mol. The minimum absolute atomic E-state index is 0.674. The summed E-state index contributed by atoms with van der Waals surface area (Å²) in [7, 11) is 0. The second-order valence-electron chi connectivity index (χ2n) is 12.6. The molecule has 0 aliphatic carbocycles. The molecule has 0 bridgehead atoms. The van der Waals surface area contributed by atoms with Crippen LogP contribution in [0, 0.1) is 0 Å². The third-order valence-electron chi connectivity index (χ3n) is 9.64. The van der Waals surface area contributed by atoms with E-state index in [1.807, 2.05) is 42.5 Å². The summed E-state index contributed by atoms with van der Waals surface area (Å²) in [6, 6.07) is 59.0. The number of nitrogens with zero attached hydrogens (tertiary/aromatic N) is 2. The van der Waals surface area contributed by atoms with Crippen LogP contribution in [0.3, 0.4) is 0 Å². The summed E-state index contributed by atoms with van der Waals surface area (Å²) in [5.41, 5.74) is 9.58. The second kappa shape index (κ2) is 11.4. The number of benzene rings is 8. The number of hydrogen-bond donors (Lipinski definition) is 1. The highest BCUT2D eigenvalue weighted by atomic mass is 16.3. The monoisotopic (exact) mass is 639 g/mol. The number of anilines is 2. The van der Waals surface area contributed by atoms with E-state index in [9.17, 15) is 0 Å². The van der Waals surface area contributed by atoms with Gasteiger partial charge >= 0.3 is 0 Å². The van der Waals surface area contributed by atoms with Gasteiger partial charge in [-0.25, -0.2) is 9.97 Å². The van der Waals surface area contributed by atoms with Crippen molar-refractivity contribution in [2.24, 2.45) is 0 Å². The quantitative estimate of drug-likeness (QED) is 0.204. The maximum absolute atomic E-state index is 6.78. The van der Waals surface area contributed by atoms with Gasteiger partial charge in [0.15, 0.2) is 11.4 Å². The smallest absolute Gasteiger partial charge is 0.160 e. The van der Waals surface area contributed by atoms with Crippen molar-refractivity contribution in [2.75, 3.05) is 5.32 Å². The molecule has 234 valence electrons. The molecule has 10 aromatic rings. The summed E-state index contributed by atoms with van der Waals surface area (Å²) in [5, 5.41) is 11.8. The fourth-order valence-corrected chi connectivity index (χ4v) is 7.40. The molecule has 0 aliphatic heterocycles. The van der Waals surface area contributed by atoms with Gasteiger partial charge in [0.1, 0.15) is 5.58 Å². The van der Waals surface area contributed by atoms with E-state index in [2.05, 4.69) is 133 Å². The number of para-hydroxylation sites is 2. The Bertz CT molecular complexity index is 2900. The zero-order valence-corrected chi connectivity index (χ0v) is 27.0. The highest BCUT2D eigenvalue weighted by molar-refractivity contribution is 6.28. The van der Waals surface area contributed by atoms with Crippen LogP contribution in [-0.2, 0) is 0 Å². The lowest BCUT2D eigenvalue weighted by molar-refractivity contribution is 0.670. The van der Waals surface area contributed by atoms with Gasteiger partial charge in [-0.2, -0.15) is 0 Å². The van der Waals surface area contributed by atoms with Gasteiger partial charge in [-0.1, -0.05) is 146 Å². The summed E-state index contributed by atoms with van der Waals surface area (Å²) in [4.78, 5) is 10.2. The van der Waals surface area contributed by atoms with E-state index >= 15 is 0 Å². The van der Waals surface area contributed by atoms with Crippen molar-refractivity contribution in [1.29, 1.82) is 0 Å². The summed E-state index contributed by atoms with van der Waals surface area (Å²) in [5.74, 6) is 0.674. The van der Waals surface area contributed by atoms with Gasteiger partial charge in [-0.05, 0) is 51.4 Å². The van der Waals surface area contributed by atoms with Gasteiger partial charge in [-0.3, -0.25) is 0 Å². The maximum atomic E-state index is 6.78. The summed E-state index contributed by atoms with van der Waals surface area (Å²) in [6.45, 7) is 0. The van der Waals surface area contributed by atoms with Crippen LogP contribution >= 0.6 is 0 Å². The Morgan fingerprint density at radius 1 is 0.480 bits per heavy atom. The molecule has 50 heavy (non-hydrogen) atoms. The third kappa shape index (κ3) is 4.54. The highest BCUT2D eigenvalue weighted by Crippen LogP contribution is 2.48. The fourth-order valence-electron chi connectivity index (χ4n) is 7.40. The van der Waals surface area contributed by atoms with Crippen LogP contribution in [0.25, 0.3) is 88.2 Å². The lowest BCUT2D eigenvalue weighted by atomic mass is 9.90. The minimum Gasteiger partial charge on any atom is -0.454 e. The van der Waals surface area contributed by atoms with Crippen molar-refractivity contribution >= 4 is 65.8 Å². The predicted molar refractivity (Wildman–Crippen MR) is 208 cm³/mol. The van der Waals surface area contributed by atoms with Crippen molar-refractivity contribution in [3.63, 3.8) is 0 Å². The average molecular weight is 640 g/mol. The summed E-state index contributed by atoms with van der Waals surface area (Å²) in [6.07, 6.45) is 0. The molecule has 10 rings (SSSR count). The van der Waals surface area contributed by atoms with E-state index < -0.39 is 0 Å². The molecule has 0 radical (unpaired) electrons. The van der Waals surface area contributed by atoms with Crippen LogP contribution in [0.15, 0.2) is 174 Å². The van der Waals surface area contributed by atoms with Crippen molar-refractivity contribution in [2.45, 2.75) is 0 Å². The second-order valence-corrected chi connectivity index (χ2v) is 12.6. The van der Waals surface area contributed by atoms with E-state index in [1.165, 1.54) is 10.8 Å². The topological polar surface area (TPSA) is 51.0 Å². The van der Waals surface area contributed by atoms with E-state index in [0.717, 1.165) is 82.9 Å². The number of furan rings is 1. The lowest BCUT2D eigenvalue weighted by Crippen LogP contribution is -1.98. The third-order valence-corrected chi connectivity index (χ3v) is 9.64. The molecule has 0 saturated carbocycles. The van der Waals surface area contributed by atoms with Crippen molar-refractivity contribution < 1.29 is 4.42 Å². The zero-order valence-electron chi connectivity index (χ0n) is 27.0. The molecular formula is C46H29N3O. The highest BCUT2D eigenvalue weighted by Gasteiger charge is 2.23. The first-order valence-electron chi connectivity index (χ1n) is 16.8. The first-order valence-corrected chi connectivity index (χ1v) is 16.8. The van der Waals surface area contributed by atoms with Crippen LogP contribution in [-0.4, -0.2) is 9.97 Å². The van der Waals surface area contributed by atoms with E-state index in [4.69, 9.17) is 14.4 Å². The summed E-state index contributed by atoms with van der Waals surface area (Å²) >= 11 is 0. The standard InChI is InChI=1S/C46H29N3O/c1-2-15-30(16-3-1)43-37-23-8-10-26-39(37)48-46(49-43)31-18-12-19-32(28-31)47-44-41(34-25-13-17-29-14-4-5-20-33(29)34)35-21-6-7-22-36(35)42-38-24-9-11-27-40(38)50-45(42)44/h1-28,47H. The normalized spacial score (nSPS) is 11.6. The van der Waals surface area contributed by atoms with E-state index in [1.54, 1.807) is 0 Å². The number of fused-ring (bicyclic) bond motifs is 7. The molecule has 0 aliphatic rings. The van der Waals surface area contributed by atoms with E-state index in [-0.39, 0.29) is 0 Å². The number of nitrogens with one attached hydrogen (secondary N) is 1. The zero-order chi connectivity index (χ0) is 33.0. The Labute approximate surface area is 288 Å². The number of rotatable bonds is 5. The molecule has 2 heterocycles. The molecule has 0 fully saturated rings. The Balaban J connectivity index is 1.22. The molecule has 2 aromatic heterocycles. The van der Waals surface area contributed by atoms with Crippen LogP contribution < -0.4 is 5.32 Å². The fraction of sp³-hybridized carbons (Fsp3) is 0. The molecule has 0 unspecified atom stereocenters. The van der Waals surface area contributed by atoms with Crippen LogP contribution in [0.2, 0.25) is 0 Å². The Morgan fingerprint density at radius 2 is 1.14 bits per heavy atom. The van der Waals surface area contributed by atoms with Crippen molar-refractivity contribution in [1.82, 2.24) is 9.97 Å². The van der Waals surface area contributed by atoms with Gasteiger partial charge in [0.2, 0.25) is 0 Å². The lowest BCUT2D eigenvalue weighted by Gasteiger charge is -2.18. The van der Waals surface area contributed by atoms with Crippen LogP contribution in [0.5, 0.6) is 0 Å². The van der Waals surface area contributed by atoms with Crippen LogP contribution in [0.4, 0.5) is 11.4 Å². The summed E-state index contributed by atoms with van der Waals surface area (Å²) < 4.78 is 6.78. The van der Waals surface area contributed by atoms with Gasteiger partial charge in [0.05, 0.1) is 16.9 Å². The predicted octanol–water partition coefficient (Wildman–Crippen LogP) is 12.6. The molecule has 4 heteroatoms. The van der Waals surface area contributed by atoms with Gasteiger partial charge in [0.25, 0.3) is 0 Å². The molecule has 0 atom stereocenters.